The first kappa shape index (κ1) is 23.1. The maximum absolute atomic E-state index is 12.8. The van der Waals surface area contributed by atoms with E-state index in [4.69, 9.17) is 9.47 Å². The zero-order chi connectivity index (χ0) is 25.2. The number of rotatable bonds is 8. The highest BCUT2D eigenvalue weighted by molar-refractivity contribution is 6.14. The molecule has 36 heavy (non-hydrogen) atoms. The van der Waals surface area contributed by atoms with Gasteiger partial charge in [-0.3, -0.25) is 9.69 Å². The van der Waals surface area contributed by atoms with Crippen LogP contribution >= 0.6 is 0 Å². The number of methoxy groups -OCH3 is 1. The van der Waals surface area contributed by atoms with E-state index in [-0.39, 0.29) is 30.1 Å². The molecule has 2 unspecified atom stereocenters. The van der Waals surface area contributed by atoms with Gasteiger partial charge >= 0.3 is 12.0 Å². The minimum absolute atomic E-state index is 0.134. The molecule has 2 aliphatic rings. The number of benzene rings is 3. The Labute approximate surface area is 206 Å². The number of nitrogens with zero attached hydrogens (tertiary/aromatic N) is 1. The van der Waals surface area contributed by atoms with Crippen molar-refractivity contribution in [2.45, 2.75) is 12.3 Å². The Kier molecular flexibility index (Phi) is 6.14. The van der Waals surface area contributed by atoms with E-state index >= 15 is 0 Å². The average molecular weight is 485 g/mol. The lowest BCUT2D eigenvalue weighted by molar-refractivity contribution is -0.123. The first-order chi connectivity index (χ1) is 17.4. The zero-order valence-corrected chi connectivity index (χ0v) is 19.3. The summed E-state index contributed by atoms with van der Waals surface area (Å²) < 4.78 is 10.7. The summed E-state index contributed by atoms with van der Waals surface area (Å²) in [4.78, 5) is 37.6. The molecule has 0 spiro atoms. The zero-order valence-electron chi connectivity index (χ0n) is 19.3. The molecule has 182 valence electrons. The van der Waals surface area contributed by atoms with Gasteiger partial charge < -0.3 is 25.2 Å². The van der Waals surface area contributed by atoms with Crippen molar-refractivity contribution in [1.82, 2.24) is 10.2 Å². The Morgan fingerprint density at radius 1 is 1.08 bits per heavy atom. The Bertz CT molecular complexity index is 1350. The van der Waals surface area contributed by atoms with E-state index in [2.05, 4.69) is 10.6 Å². The standard InChI is InChI=1S/C27H23N3O6/c1-35-21-11-9-20(10-12-21)28-24-23(36-24)15-30-25(31)22(29-27(30)34)13-16-5-7-17(8-6-16)18-3-2-4-19(14-18)26(32)33/h2-14,23-24,28H,15H2,1H3,(H,29,34)(H,32,33). The van der Waals surface area contributed by atoms with Gasteiger partial charge in [-0.2, -0.15) is 0 Å². The minimum atomic E-state index is -0.988. The molecular weight excluding hydrogens is 462 g/mol. The number of hydrogen-bond acceptors (Lipinski definition) is 6. The quantitative estimate of drug-likeness (QED) is 0.252. The number of imide groups is 1. The van der Waals surface area contributed by atoms with Crippen molar-refractivity contribution in [2.75, 3.05) is 19.0 Å². The van der Waals surface area contributed by atoms with Crippen LogP contribution < -0.4 is 15.4 Å². The summed E-state index contributed by atoms with van der Waals surface area (Å²) in [6.45, 7) is 0.134. The van der Waals surface area contributed by atoms with Gasteiger partial charge in [0.05, 0.1) is 19.2 Å². The number of urea groups is 1. The molecule has 2 fully saturated rings. The van der Waals surface area contributed by atoms with E-state index in [0.717, 1.165) is 33.0 Å². The molecule has 0 radical (unpaired) electrons. The maximum atomic E-state index is 12.8. The summed E-state index contributed by atoms with van der Waals surface area (Å²) in [6, 6.07) is 20.8. The van der Waals surface area contributed by atoms with Crippen LogP contribution in [0.2, 0.25) is 0 Å². The smallest absolute Gasteiger partial charge is 0.335 e. The maximum Gasteiger partial charge on any atom is 0.335 e. The normalized spacial score (nSPS) is 19.8. The number of carboxylic acids is 1. The van der Waals surface area contributed by atoms with Gasteiger partial charge in [-0.1, -0.05) is 36.4 Å². The number of carbonyl (C=O) groups excluding carboxylic acids is 2. The molecule has 2 aliphatic heterocycles. The SMILES string of the molecule is COc1ccc(NC2OC2CN2C(=O)NC(=Cc3ccc(-c4cccc(C(=O)O)c4)cc3)C2=O)cc1. The van der Waals surface area contributed by atoms with Gasteiger partial charge in [0.2, 0.25) is 0 Å². The van der Waals surface area contributed by atoms with Gasteiger partial charge in [0.1, 0.15) is 17.6 Å². The number of hydrogen-bond donors (Lipinski definition) is 3. The van der Waals surface area contributed by atoms with E-state index in [1.54, 1.807) is 37.5 Å². The number of ether oxygens (including phenoxy) is 2. The summed E-state index contributed by atoms with van der Waals surface area (Å²) in [5.74, 6) is -0.663. The highest BCUT2D eigenvalue weighted by atomic mass is 16.6. The average Bonchev–Trinajstić information content (AvgIpc) is 3.58. The highest BCUT2D eigenvalue weighted by Gasteiger charge is 2.45. The van der Waals surface area contributed by atoms with Crippen LogP contribution in [0.3, 0.4) is 0 Å². The number of nitrogens with one attached hydrogen (secondary N) is 2. The summed E-state index contributed by atoms with van der Waals surface area (Å²) in [5.41, 5.74) is 3.57. The third kappa shape index (κ3) is 4.91. The molecule has 0 saturated carbocycles. The largest absolute Gasteiger partial charge is 0.497 e. The van der Waals surface area contributed by atoms with Gasteiger partial charge in [0.15, 0.2) is 6.23 Å². The number of carbonyl (C=O) groups is 3. The van der Waals surface area contributed by atoms with Gasteiger partial charge in [-0.15, -0.1) is 0 Å². The highest BCUT2D eigenvalue weighted by Crippen LogP contribution is 2.28. The third-order valence-electron chi connectivity index (χ3n) is 5.97. The molecule has 0 bridgehead atoms. The lowest BCUT2D eigenvalue weighted by Crippen LogP contribution is -2.35. The Morgan fingerprint density at radius 3 is 2.53 bits per heavy atom. The van der Waals surface area contributed by atoms with Crippen LogP contribution in [0.5, 0.6) is 5.75 Å². The predicted molar refractivity (Wildman–Crippen MR) is 132 cm³/mol. The molecule has 9 heteroatoms. The van der Waals surface area contributed by atoms with Crippen molar-refractivity contribution in [3.63, 3.8) is 0 Å². The van der Waals surface area contributed by atoms with Crippen LogP contribution in [0.25, 0.3) is 17.2 Å². The molecule has 2 heterocycles. The summed E-state index contributed by atoms with van der Waals surface area (Å²) in [7, 11) is 1.60. The molecule has 3 N–H and O–H groups in total. The molecule has 2 atom stereocenters. The Morgan fingerprint density at radius 2 is 1.83 bits per heavy atom. The summed E-state index contributed by atoms with van der Waals surface area (Å²) in [6.07, 6.45) is 1.01. The lowest BCUT2D eigenvalue weighted by Gasteiger charge is -2.10. The fraction of sp³-hybridized carbons (Fsp3) is 0.148. The second kappa shape index (κ2) is 9.55. The van der Waals surface area contributed by atoms with Crippen LogP contribution in [-0.4, -0.2) is 53.9 Å². The first-order valence-corrected chi connectivity index (χ1v) is 11.3. The number of anilines is 1. The van der Waals surface area contributed by atoms with Crippen molar-refractivity contribution < 1.29 is 29.0 Å². The van der Waals surface area contributed by atoms with E-state index in [1.807, 2.05) is 42.5 Å². The van der Waals surface area contributed by atoms with E-state index in [0.29, 0.717) is 0 Å². The Hall–Kier alpha value is -4.63. The van der Waals surface area contributed by atoms with Crippen LogP contribution in [0.4, 0.5) is 10.5 Å². The monoisotopic (exact) mass is 485 g/mol. The molecule has 5 rings (SSSR count). The number of carboxylic acid groups (broad SMARTS) is 1. The molecule has 3 amide bonds. The third-order valence-corrected chi connectivity index (χ3v) is 5.97. The number of epoxide rings is 1. The lowest BCUT2D eigenvalue weighted by atomic mass is 10.0. The first-order valence-electron chi connectivity index (χ1n) is 11.3. The summed E-state index contributed by atoms with van der Waals surface area (Å²) >= 11 is 0. The van der Waals surface area contributed by atoms with Crippen molar-refractivity contribution >= 4 is 29.7 Å². The minimum Gasteiger partial charge on any atom is -0.497 e. The fourth-order valence-corrected chi connectivity index (χ4v) is 3.95. The molecule has 3 aromatic rings. The molecule has 0 aliphatic carbocycles. The number of aromatic carboxylic acids is 1. The van der Waals surface area contributed by atoms with E-state index < -0.39 is 17.9 Å². The van der Waals surface area contributed by atoms with Gasteiger partial charge in [0, 0.05) is 5.69 Å². The van der Waals surface area contributed by atoms with Crippen LogP contribution in [0, 0.1) is 0 Å². The predicted octanol–water partition coefficient (Wildman–Crippen LogP) is 3.79. The van der Waals surface area contributed by atoms with Gasteiger partial charge in [-0.25, -0.2) is 9.59 Å². The second-order valence-corrected chi connectivity index (χ2v) is 8.38. The number of amides is 3. The Balaban J connectivity index is 1.21. The second-order valence-electron chi connectivity index (χ2n) is 8.38. The van der Waals surface area contributed by atoms with Crippen molar-refractivity contribution in [1.29, 1.82) is 0 Å². The molecule has 2 saturated heterocycles. The van der Waals surface area contributed by atoms with Crippen LogP contribution in [0.15, 0.2) is 78.5 Å². The molecule has 0 aromatic heterocycles. The van der Waals surface area contributed by atoms with E-state index in [1.165, 1.54) is 6.07 Å². The van der Waals surface area contributed by atoms with Gasteiger partial charge in [0.25, 0.3) is 5.91 Å². The summed E-state index contributed by atoms with van der Waals surface area (Å²) in [5, 5.41) is 15.0. The van der Waals surface area contributed by atoms with Crippen LogP contribution in [-0.2, 0) is 9.53 Å². The van der Waals surface area contributed by atoms with E-state index in [9.17, 15) is 19.5 Å². The fourth-order valence-electron chi connectivity index (χ4n) is 3.95. The molecule has 9 nitrogen and oxygen atoms in total. The topological polar surface area (TPSA) is 120 Å². The van der Waals surface area contributed by atoms with Crippen molar-refractivity contribution in [3.05, 3.63) is 89.6 Å². The molecular formula is C27H23N3O6. The van der Waals surface area contributed by atoms with Crippen LogP contribution in [0.1, 0.15) is 15.9 Å². The molecule has 3 aromatic carbocycles. The van der Waals surface area contributed by atoms with Crippen molar-refractivity contribution in [2.24, 2.45) is 0 Å². The van der Waals surface area contributed by atoms with Gasteiger partial charge in [-0.05, 0) is 59.2 Å². The van der Waals surface area contributed by atoms with Crippen molar-refractivity contribution in [3.8, 4) is 16.9 Å².